The highest BCUT2D eigenvalue weighted by Gasteiger charge is 2.32. The van der Waals surface area contributed by atoms with E-state index in [0.717, 1.165) is 0 Å². The van der Waals surface area contributed by atoms with Crippen LogP contribution in [0.1, 0.15) is 30.6 Å². The van der Waals surface area contributed by atoms with Crippen LogP contribution in [0.25, 0.3) is 0 Å². The third-order valence-electron chi connectivity index (χ3n) is 4.18. The Bertz CT molecular complexity index is 662. The van der Waals surface area contributed by atoms with E-state index < -0.39 is 29.8 Å². The second-order valence-electron chi connectivity index (χ2n) is 6.58. The van der Waals surface area contributed by atoms with Gasteiger partial charge in [-0.2, -0.15) is 0 Å². The van der Waals surface area contributed by atoms with Crippen LogP contribution >= 0.6 is 0 Å². The highest BCUT2D eigenvalue weighted by Crippen LogP contribution is 2.14. The van der Waals surface area contributed by atoms with Crippen LogP contribution in [0.5, 0.6) is 0 Å². The van der Waals surface area contributed by atoms with E-state index >= 15 is 0 Å². The molecule has 1 aromatic rings. The molecule has 0 bridgehead atoms. The van der Waals surface area contributed by atoms with Crippen molar-refractivity contribution in [3.8, 4) is 0 Å². The molecule has 1 saturated heterocycles. The number of nitrogens with one attached hydrogen (secondary N) is 1. The first kappa shape index (κ1) is 19.8. The number of amides is 2. The Labute approximate surface area is 151 Å². The minimum Gasteiger partial charge on any atom is -0.481 e. The third-order valence-corrected chi connectivity index (χ3v) is 4.18. The van der Waals surface area contributed by atoms with Crippen molar-refractivity contribution >= 4 is 17.8 Å². The lowest BCUT2D eigenvalue weighted by Gasteiger charge is -2.35. The monoisotopic (exact) mass is 366 g/mol. The van der Waals surface area contributed by atoms with E-state index in [4.69, 9.17) is 9.84 Å². The number of hydrogen-bond acceptors (Lipinski definition) is 4. The maximum atomic E-state index is 13.0. The summed E-state index contributed by atoms with van der Waals surface area (Å²) in [6, 6.07) is 4.30. The van der Waals surface area contributed by atoms with Crippen LogP contribution in [0.2, 0.25) is 0 Å². The molecule has 1 heterocycles. The molecule has 1 aliphatic heterocycles. The van der Waals surface area contributed by atoms with Crippen molar-refractivity contribution in [2.75, 3.05) is 19.7 Å². The van der Waals surface area contributed by atoms with E-state index in [-0.39, 0.29) is 37.0 Å². The van der Waals surface area contributed by atoms with Gasteiger partial charge in [-0.3, -0.25) is 14.4 Å². The van der Waals surface area contributed by atoms with E-state index in [1.54, 1.807) is 0 Å². The van der Waals surface area contributed by atoms with Gasteiger partial charge in [0.15, 0.2) is 0 Å². The summed E-state index contributed by atoms with van der Waals surface area (Å²) in [5.74, 6) is -2.36. The smallest absolute Gasteiger partial charge is 0.306 e. The van der Waals surface area contributed by atoms with E-state index in [9.17, 15) is 18.8 Å². The second-order valence-corrected chi connectivity index (χ2v) is 6.58. The molecule has 0 aromatic heterocycles. The fraction of sp³-hybridized carbons (Fsp3) is 0.500. The second kappa shape index (κ2) is 8.75. The molecule has 1 fully saturated rings. The summed E-state index contributed by atoms with van der Waals surface area (Å²) in [5.41, 5.74) is 0.260. The topological polar surface area (TPSA) is 95.9 Å². The zero-order valence-corrected chi connectivity index (χ0v) is 14.8. The number of rotatable bonds is 6. The molecule has 2 amide bonds. The van der Waals surface area contributed by atoms with Crippen molar-refractivity contribution in [1.29, 1.82) is 0 Å². The molecule has 7 nitrogen and oxygen atoms in total. The first-order valence-corrected chi connectivity index (χ1v) is 8.46. The molecule has 1 aromatic carbocycles. The van der Waals surface area contributed by atoms with Crippen LogP contribution < -0.4 is 5.32 Å². The summed E-state index contributed by atoms with van der Waals surface area (Å²) >= 11 is 0. The average Bonchev–Trinajstić information content (AvgIpc) is 2.59. The molecule has 2 atom stereocenters. The minimum atomic E-state index is -0.991. The summed E-state index contributed by atoms with van der Waals surface area (Å²) in [7, 11) is 0. The van der Waals surface area contributed by atoms with Crippen LogP contribution in [-0.4, -0.2) is 59.6 Å². The van der Waals surface area contributed by atoms with Gasteiger partial charge < -0.3 is 20.1 Å². The van der Waals surface area contributed by atoms with Gasteiger partial charge in [-0.05, 0) is 30.2 Å². The lowest BCUT2D eigenvalue weighted by molar-refractivity contribution is -0.149. The van der Waals surface area contributed by atoms with Crippen LogP contribution in [-0.2, 0) is 14.3 Å². The molecule has 8 heteroatoms. The highest BCUT2D eigenvalue weighted by molar-refractivity contribution is 5.97. The molecule has 0 saturated carbocycles. The van der Waals surface area contributed by atoms with Crippen molar-refractivity contribution in [3.05, 3.63) is 35.6 Å². The van der Waals surface area contributed by atoms with Crippen molar-refractivity contribution in [3.63, 3.8) is 0 Å². The van der Waals surface area contributed by atoms with E-state index in [1.165, 1.54) is 29.2 Å². The van der Waals surface area contributed by atoms with Gasteiger partial charge in [0.05, 0.1) is 19.1 Å². The lowest BCUT2D eigenvalue weighted by Crippen LogP contribution is -2.55. The number of benzene rings is 1. The number of carboxylic acids is 1. The Balaban J connectivity index is 2.05. The quantitative estimate of drug-likeness (QED) is 0.791. The molecule has 0 radical (unpaired) electrons. The van der Waals surface area contributed by atoms with Gasteiger partial charge in [-0.15, -0.1) is 0 Å². The predicted octanol–water partition coefficient (Wildman–Crippen LogP) is 1.28. The molecule has 2 rings (SSSR count). The van der Waals surface area contributed by atoms with Crippen LogP contribution in [0.4, 0.5) is 4.39 Å². The standard InChI is InChI=1S/C18H23FN2O5/c1-11(2)16(20-17(24)12-3-5-13(19)6-4-12)18(25)21-7-8-26-14(10-21)9-15(22)23/h3-6,11,14,16H,7-10H2,1-2H3,(H,20,24)(H,22,23). The number of carbonyl (C=O) groups excluding carboxylic acids is 2. The van der Waals surface area contributed by atoms with Crippen molar-refractivity contribution in [2.24, 2.45) is 5.92 Å². The highest BCUT2D eigenvalue weighted by atomic mass is 19.1. The predicted molar refractivity (Wildman–Crippen MR) is 91.1 cm³/mol. The number of hydrogen-bond donors (Lipinski definition) is 2. The Morgan fingerprint density at radius 2 is 1.96 bits per heavy atom. The molecule has 142 valence electrons. The first-order valence-electron chi connectivity index (χ1n) is 8.46. The lowest BCUT2D eigenvalue weighted by atomic mass is 10.0. The van der Waals surface area contributed by atoms with E-state index in [2.05, 4.69) is 5.32 Å². The Kier molecular flexibility index (Phi) is 6.68. The van der Waals surface area contributed by atoms with Crippen molar-refractivity contribution in [2.45, 2.75) is 32.4 Å². The minimum absolute atomic E-state index is 0.167. The van der Waals surface area contributed by atoms with Gasteiger partial charge in [0.1, 0.15) is 11.9 Å². The zero-order chi connectivity index (χ0) is 19.3. The Hall–Kier alpha value is -2.48. The molecule has 0 aliphatic carbocycles. The number of carboxylic acid groups (broad SMARTS) is 1. The maximum Gasteiger partial charge on any atom is 0.306 e. The largest absolute Gasteiger partial charge is 0.481 e. The zero-order valence-electron chi connectivity index (χ0n) is 14.8. The van der Waals surface area contributed by atoms with Gasteiger partial charge in [0.2, 0.25) is 5.91 Å². The summed E-state index contributed by atoms with van der Waals surface area (Å²) in [6.45, 7) is 4.37. The number of halogens is 1. The number of aliphatic carboxylic acids is 1. The first-order chi connectivity index (χ1) is 12.3. The number of ether oxygens (including phenoxy) is 1. The van der Waals surface area contributed by atoms with E-state index in [1.807, 2.05) is 13.8 Å². The van der Waals surface area contributed by atoms with Gasteiger partial charge in [0, 0.05) is 18.7 Å². The summed E-state index contributed by atoms with van der Waals surface area (Å²) in [6.07, 6.45) is -0.747. The Morgan fingerprint density at radius 3 is 2.54 bits per heavy atom. The summed E-state index contributed by atoms with van der Waals surface area (Å²) in [5, 5.41) is 11.6. The number of nitrogens with zero attached hydrogens (tertiary/aromatic N) is 1. The maximum absolute atomic E-state index is 13.0. The van der Waals surface area contributed by atoms with Crippen LogP contribution in [0, 0.1) is 11.7 Å². The normalized spacial score (nSPS) is 18.5. The Morgan fingerprint density at radius 1 is 1.31 bits per heavy atom. The number of morpholine rings is 1. The van der Waals surface area contributed by atoms with Crippen molar-refractivity contribution in [1.82, 2.24) is 10.2 Å². The molecule has 1 aliphatic rings. The molecule has 2 unspecified atom stereocenters. The van der Waals surface area contributed by atoms with Gasteiger partial charge in [-0.1, -0.05) is 13.8 Å². The average molecular weight is 366 g/mol. The molecular weight excluding hydrogens is 343 g/mol. The van der Waals surface area contributed by atoms with Gasteiger partial charge in [0.25, 0.3) is 5.91 Å². The SMILES string of the molecule is CC(C)C(NC(=O)c1ccc(F)cc1)C(=O)N1CCOC(CC(=O)O)C1. The van der Waals surface area contributed by atoms with Crippen LogP contribution in [0.3, 0.4) is 0 Å². The molecule has 0 spiro atoms. The van der Waals surface area contributed by atoms with Crippen molar-refractivity contribution < 1.29 is 28.6 Å². The fourth-order valence-electron chi connectivity index (χ4n) is 2.77. The summed E-state index contributed by atoms with van der Waals surface area (Å²) in [4.78, 5) is 37.6. The molecule has 2 N–H and O–H groups in total. The van der Waals surface area contributed by atoms with Crippen LogP contribution in [0.15, 0.2) is 24.3 Å². The van der Waals surface area contributed by atoms with E-state index in [0.29, 0.717) is 6.54 Å². The molecular formula is C18H23FN2O5. The van der Waals surface area contributed by atoms with Gasteiger partial charge >= 0.3 is 5.97 Å². The third kappa shape index (κ3) is 5.26. The summed E-state index contributed by atoms with van der Waals surface area (Å²) < 4.78 is 18.4. The number of carbonyl (C=O) groups is 3. The molecule has 26 heavy (non-hydrogen) atoms. The van der Waals surface area contributed by atoms with Gasteiger partial charge in [-0.25, -0.2) is 4.39 Å². The fourth-order valence-corrected chi connectivity index (χ4v) is 2.77.